The van der Waals surface area contributed by atoms with E-state index in [-0.39, 0.29) is 0 Å². The van der Waals surface area contributed by atoms with E-state index in [1.807, 2.05) is 0 Å². The molecule has 1 aliphatic heterocycles. The Morgan fingerprint density at radius 1 is 1.12 bits per heavy atom. The van der Waals surface area contributed by atoms with Gasteiger partial charge in [0.05, 0.1) is 12.5 Å². The molecule has 0 aliphatic carbocycles. The minimum Gasteiger partial charge on any atom is -0.481 e. The number of hydrogen-bond donors (Lipinski definition) is 3. The van der Waals surface area contributed by atoms with Gasteiger partial charge in [0.1, 0.15) is 0 Å². The first-order valence-corrected chi connectivity index (χ1v) is 10.2. The van der Waals surface area contributed by atoms with Crippen LogP contribution in [-0.2, 0) is 14.4 Å². The summed E-state index contributed by atoms with van der Waals surface area (Å²) in [4.78, 5) is 49.3. The first-order chi connectivity index (χ1) is 15.2. The topological polar surface area (TPSA) is 116 Å². The molecule has 0 bridgehead atoms. The molecular weight excluding hydrogens is 457 g/mol. The highest BCUT2D eigenvalue weighted by Crippen LogP contribution is 2.35. The molecule has 3 rings (SSSR count). The zero-order chi connectivity index (χ0) is 23.4. The third kappa shape index (κ3) is 5.27. The number of carbonyl (C=O) groups excluding carboxylic acids is 3. The number of halogens is 2. The third-order valence-electron chi connectivity index (χ3n) is 4.84. The molecule has 2 unspecified atom stereocenters. The van der Waals surface area contributed by atoms with Crippen LogP contribution in [0.3, 0.4) is 0 Å². The monoisotopic (exact) mass is 475 g/mol. The lowest BCUT2D eigenvalue weighted by atomic mass is 9.97. The van der Waals surface area contributed by atoms with Crippen molar-refractivity contribution < 1.29 is 24.3 Å². The predicted molar refractivity (Wildman–Crippen MR) is 119 cm³/mol. The van der Waals surface area contributed by atoms with Crippen molar-refractivity contribution >= 4 is 46.9 Å². The van der Waals surface area contributed by atoms with Crippen LogP contribution in [0.15, 0.2) is 54.7 Å². The van der Waals surface area contributed by atoms with Crippen LogP contribution in [-0.4, -0.2) is 46.8 Å². The van der Waals surface area contributed by atoms with Crippen molar-refractivity contribution in [3.05, 3.63) is 70.3 Å². The van der Waals surface area contributed by atoms with Crippen LogP contribution in [0.2, 0.25) is 10.0 Å². The summed E-state index contributed by atoms with van der Waals surface area (Å²) in [6, 6.07) is 8.65. The van der Waals surface area contributed by atoms with Crippen molar-refractivity contribution in [3.63, 3.8) is 0 Å². The SMILES string of the molecule is CN1C=CC(=O)C(NC(=O)NC(CC(=O)O)c2cccc(-c3c(Cl)cccc3Cl)c2)C1=O. The molecule has 0 radical (unpaired) electrons. The second-order valence-electron chi connectivity index (χ2n) is 7.09. The van der Waals surface area contributed by atoms with Gasteiger partial charge in [0.2, 0.25) is 0 Å². The van der Waals surface area contributed by atoms with E-state index in [2.05, 4.69) is 10.6 Å². The molecule has 0 fully saturated rings. The lowest BCUT2D eigenvalue weighted by Gasteiger charge is -2.25. The van der Waals surface area contributed by atoms with Crippen LogP contribution in [0, 0.1) is 0 Å². The molecule has 2 aromatic rings. The molecule has 166 valence electrons. The predicted octanol–water partition coefficient (Wildman–Crippen LogP) is 3.40. The number of aliphatic carboxylic acids is 1. The van der Waals surface area contributed by atoms with E-state index < -0.39 is 42.2 Å². The lowest BCUT2D eigenvalue weighted by molar-refractivity contribution is -0.138. The maximum atomic E-state index is 12.5. The van der Waals surface area contributed by atoms with Crippen LogP contribution in [0.1, 0.15) is 18.0 Å². The average Bonchev–Trinajstić information content (AvgIpc) is 2.73. The largest absolute Gasteiger partial charge is 0.481 e. The number of carboxylic acids is 1. The van der Waals surface area contributed by atoms with E-state index >= 15 is 0 Å². The smallest absolute Gasteiger partial charge is 0.316 e. The zero-order valence-corrected chi connectivity index (χ0v) is 18.4. The summed E-state index contributed by atoms with van der Waals surface area (Å²) in [5, 5.41) is 15.0. The summed E-state index contributed by atoms with van der Waals surface area (Å²) in [6.45, 7) is 0. The Labute approximate surface area is 193 Å². The first-order valence-electron chi connectivity index (χ1n) is 9.49. The van der Waals surface area contributed by atoms with E-state index in [0.29, 0.717) is 26.7 Å². The van der Waals surface area contributed by atoms with Crippen molar-refractivity contribution in [1.29, 1.82) is 0 Å². The van der Waals surface area contributed by atoms with E-state index in [1.54, 1.807) is 42.5 Å². The van der Waals surface area contributed by atoms with Gasteiger partial charge in [-0.1, -0.05) is 47.5 Å². The Kier molecular flexibility index (Phi) is 7.17. The molecule has 0 aromatic heterocycles. The van der Waals surface area contributed by atoms with E-state index in [4.69, 9.17) is 23.2 Å². The zero-order valence-electron chi connectivity index (χ0n) is 16.8. The molecule has 3 N–H and O–H groups in total. The number of amides is 3. The highest BCUT2D eigenvalue weighted by atomic mass is 35.5. The molecular formula is C22H19Cl2N3O5. The molecule has 1 aliphatic rings. The molecule has 1 heterocycles. The highest BCUT2D eigenvalue weighted by Gasteiger charge is 2.32. The van der Waals surface area contributed by atoms with E-state index in [1.165, 1.54) is 24.2 Å². The standard InChI is InChI=1S/C22H19Cl2N3O5/c1-27-9-8-17(28)20(21(27)31)26-22(32)25-16(11-18(29)30)12-4-2-5-13(10-12)19-14(23)6-3-7-15(19)24/h2-10,16,20H,11H2,1H3,(H,29,30)(H2,25,26,32). The Morgan fingerprint density at radius 3 is 2.44 bits per heavy atom. The lowest BCUT2D eigenvalue weighted by Crippen LogP contribution is -2.55. The van der Waals surface area contributed by atoms with Crippen LogP contribution in [0.5, 0.6) is 0 Å². The van der Waals surface area contributed by atoms with Gasteiger partial charge in [-0.05, 0) is 29.3 Å². The third-order valence-corrected chi connectivity index (χ3v) is 5.47. The fraction of sp³-hybridized carbons (Fsp3) is 0.182. The van der Waals surface area contributed by atoms with Crippen molar-refractivity contribution in [2.24, 2.45) is 0 Å². The van der Waals surface area contributed by atoms with Crippen molar-refractivity contribution in [2.45, 2.75) is 18.5 Å². The maximum absolute atomic E-state index is 12.5. The quantitative estimate of drug-likeness (QED) is 0.553. The van der Waals surface area contributed by atoms with Crippen LogP contribution < -0.4 is 10.6 Å². The van der Waals surface area contributed by atoms with E-state index in [9.17, 15) is 24.3 Å². The Balaban J connectivity index is 1.85. The van der Waals surface area contributed by atoms with Gasteiger partial charge in [0.15, 0.2) is 11.8 Å². The minimum absolute atomic E-state index is 0.418. The molecule has 10 heteroatoms. The first kappa shape index (κ1) is 23.3. The average molecular weight is 476 g/mol. The Hall–Kier alpha value is -3.36. The van der Waals surface area contributed by atoms with Gasteiger partial charge < -0.3 is 20.6 Å². The number of likely N-dealkylation sites (N-methyl/N-ethyl adjacent to an activating group) is 1. The number of carboxylic acid groups (broad SMARTS) is 1. The molecule has 2 aromatic carbocycles. The van der Waals surface area contributed by atoms with Gasteiger partial charge in [-0.25, -0.2) is 4.79 Å². The second-order valence-corrected chi connectivity index (χ2v) is 7.91. The van der Waals surface area contributed by atoms with Crippen LogP contribution in [0.4, 0.5) is 4.79 Å². The fourth-order valence-electron chi connectivity index (χ4n) is 3.26. The van der Waals surface area contributed by atoms with Gasteiger partial charge in [-0.2, -0.15) is 0 Å². The number of nitrogens with zero attached hydrogens (tertiary/aromatic N) is 1. The number of carbonyl (C=O) groups is 4. The number of hydrogen-bond acceptors (Lipinski definition) is 4. The number of benzene rings is 2. The summed E-state index contributed by atoms with van der Waals surface area (Å²) in [5.41, 5.74) is 1.69. The van der Waals surface area contributed by atoms with Gasteiger partial charge >= 0.3 is 12.0 Å². The van der Waals surface area contributed by atoms with Gasteiger partial charge in [-0.3, -0.25) is 14.4 Å². The number of rotatable bonds is 6. The summed E-state index contributed by atoms with van der Waals surface area (Å²) >= 11 is 12.6. The van der Waals surface area contributed by atoms with Crippen LogP contribution in [0.25, 0.3) is 11.1 Å². The van der Waals surface area contributed by atoms with Gasteiger partial charge in [-0.15, -0.1) is 0 Å². The number of ketones is 1. The van der Waals surface area contributed by atoms with Crippen molar-refractivity contribution in [2.75, 3.05) is 7.05 Å². The van der Waals surface area contributed by atoms with Gasteiger partial charge in [0.25, 0.3) is 5.91 Å². The molecule has 0 saturated heterocycles. The molecule has 3 amide bonds. The minimum atomic E-state index is -1.39. The number of nitrogens with one attached hydrogen (secondary N) is 2. The normalized spacial score (nSPS) is 16.6. The Bertz CT molecular complexity index is 1100. The van der Waals surface area contributed by atoms with Gasteiger partial charge in [0, 0.05) is 34.9 Å². The molecule has 8 nitrogen and oxygen atoms in total. The number of urea groups is 1. The molecule has 0 spiro atoms. The van der Waals surface area contributed by atoms with E-state index in [0.717, 1.165) is 0 Å². The molecule has 2 atom stereocenters. The summed E-state index contributed by atoms with van der Waals surface area (Å²) in [7, 11) is 1.45. The summed E-state index contributed by atoms with van der Waals surface area (Å²) in [6.07, 6.45) is 2.05. The molecule has 0 saturated carbocycles. The molecule has 32 heavy (non-hydrogen) atoms. The Morgan fingerprint density at radius 2 is 1.78 bits per heavy atom. The maximum Gasteiger partial charge on any atom is 0.316 e. The second kappa shape index (κ2) is 9.84. The summed E-state index contributed by atoms with van der Waals surface area (Å²) < 4.78 is 0. The van der Waals surface area contributed by atoms with Crippen molar-refractivity contribution in [1.82, 2.24) is 15.5 Å². The van der Waals surface area contributed by atoms with Crippen molar-refractivity contribution in [3.8, 4) is 11.1 Å². The summed E-state index contributed by atoms with van der Waals surface area (Å²) in [5.74, 6) is -2.32. The highest BCUT2D eigenvalue weighted by molar-refractivity contribution is 6.39. The fourth-order valence-corrected chi connectivity index (χ4v) is 3.87. The van der Waals surface area contributed by atoms with Crippen LogP contribution >= 0.6 is 23.2 Å².